The molecule has 0 bridgehead atoms. The van der Waals surface area contributed by atoms with Gasteiger partial charge >= 0.3 is 5.97 Å². The van der Waals surface area contributed by atoms with Gasteiger partial charge in [-0.25, -0.2) is 18.9 Å². The third kappa shape index (κ3) is 5.82. The number of rotatable bonds is 10. The number of thiazole rings is 1. The fourth-order valence-corrected chi connectivity index (χ4v) is 6.16. The Morgan fingerprint density at radius 1 is 1.12 bits per heavy atom. The van der Waals surface area contributed by atoms with Gasteiger partial charge in [0.2, 0.25) is 5.13 Å². The Hall–Kier alpha value is -3.52. The Labute approximate surface area is 238 Å². The van der Waals surface area contributed by atoms with Crippen molar-refractivity contribution >= 4 is 17.3 Å². The first kappa shape index (κ1) is 26.7. The van der Waals surface area contributed by atoms with Crippen LogP contribution in [0.4, 0.5) is 4.39 Å². The molecule has 0 atom stereocenters. The van der Waals surface area contributed by atoms with E-state index in [0.29, 0.717) is 29.6 Å². The highest BCUT2D eigenvalue weighted by molar-refractivity contribution is 7.12. The molecule has 2 fully saturated rings. The summed E-state index contributed by atoms with van der Waals surface area (Å²) in [5.74, 6) is 0.779. The minimum Gasteiger partial charge on any atom is -0.490 e. The molecule has 6 nitrogen and oxygen atoms in total. The Morgan fingerprint density at radius 2 is 1.95 bits per heavy atom. The van der Waals surface area contributed by atoms with E-state index in [2.05, 4.69) is 17.1 Å². The van der Waals surface area contributed by atoms with E-state index in [1.54, 1.807) is 25.3 Å². The van der Waals surface area contributed by atoms with Crippen molar-refractivity contribution in [2.45, 2.75) is 71.3 Å². The predicted octanol–water partition coefficient (Wildman–Crippen LogP) is 7.48. The van der Waals surface area contributed by atoms with Gasteiger partial charge in [0.05, 0.1) is 24.1 Å². The van der Waals surface area contributed by atoms with Gasteiger partial charge in [0.25, 0.3) is 0 Å². The number of benzene rings is 2. The van der Waals surface area contributed by atoms with E-state index < -0.39 is 5.97 Å². The maximum atomic E-state index is 14.6. The minimum absolute atomic E-state index is 0.207. The van der Waals surface area contributed by atoms with E-state index in [9.17, 15) is 9.18 Å². The predicted molar refractivity (Wildman–Crippen MR) is 154 cm³/mol. The number of halogens is 1. The average molecular weight is 560 g/mol. The monoisotopic (exact) mass is 559 g/mol. The first-order chi connectivity index (χ1) is 19.5. The maximum absolute atomic E-state index is 14.6. The lowest BCUT2D eigenvalue weighted by molar-refractivity contribution is 0.0520. The summed E-state index contributed by atoms with van der Waals surface area (Å²) < 4.78 is 28.0. The van der Waals surface area contributed by atoms with Crippen LogP contribution >= 0.6 is 11.3 Å². The number of esters is 1. The summed E-state index contributed by atoms with van der Waals surface area (Å²) in [4.78, 5) is 17.0. The largest absolute Gasteiger partial charge is 0.490 e. The third-order valence-corrected chi connectivity index (χ3v) is 8.57. The van der Waals surface area contributed by atoms with Gasteiger partial charge in [-0.15, -0.1) is 11.3 Å². The summed E-state index contributed by atoms with van der Waals surface area (Å²) in [5, 5.41) is 7.47. The Balaban J connectivity index is 1.45. The molecule has 208 valence electrons. The van der Waals surface area contributed by atoms with E-state index in [1.807, 2.05) is 28.9 Å². The van der Waals surface area contributed by atoms with Gasteiger partial charge in [-0.1, -0.05) is 24.3 Å². The molecule has 6 rings (SSSR count). The summed E-state index contributed by atoms with van der Waals surface area (Å²) in [6.07, 6.45) is 8.58. The standard InChI is InChI=1S/C32H34FN3O3S/c1-3-38-31(37)28-19-40-32(34-28)36-29(17-21-13-14-21)26(15-22-12-11-20(2)27(33)16-22)30(35-36)23-7-6-10-25(18-23)39-24-8-4-5-9-24/h6-7,10-12,16,18-19,21,24H,3-5,8-9,13-15,17H2,1-2H3. The summed E-state index contributed by atoms with van der Waals surface area (Å²) in [7, 11) is 0. The molecule has 2 heterocycles. The lowest BCUT2D eigenvalue weighted by Gasteiger charge is -2.14. The maximum Gasteiger partial charge on any atom is 0.357 e. The Bertz CT molecular complexity index is 1520. The SMILES string of the molecule is CCOC(=O)c1csc(-n2nc(-c3cccc(OC4CCCC4)c3)c(Cc3ccc(C)c(F)c3)c2CC2CC2)n1. The smallest absolute Gasteiger partial charge is 0.357 e. The molecule has 2 aromatic carbocycles. The van der Waals surface area contributed by atoms with Crippen molar-refractivity contribution in [1.82, 2.24) is 14.8 Å². The molecule has 4 aromatic rings. The van der Waals surface area contributed by atoms with Gasteiger partial charge < -0.3 is 9.47 Å². The zero-order valence-electron chi connectivity index (χ0n) is 23.0. The van der Waals surface area contributed by atoms with Crippen molar-refractivity contribution in [3.8, 4) is 22.1 Å². The van der Waals surface area contributed by atoms with Gasteiger partial charge in [0.15, 0.2) is 5.69 Å². The van der Waals surface area contributed by atoms with Crippen molar-refractivity contribution < 1.29 is 18.7 Å². The van der Waals surface area contributed by atoms with Gasteiger partial charge in [-0.2, -0.15) is 5.10 Å². The van der Waals surface area contributed by atoms with Crippen molar-refractivity contribution in [2.75, 3.05) is 6.61 Å². The highest BCUT2D eigenvalue weighted by Crippen LogP contribution is 2.39. The van der Waals surface area contributed by atoms with Crippen molar-refractivity contribution in [3.63, 3.8) is 0 Å². The number of aryl methyl sites for hydroxylation is 1. The number of aromatic nitrogens is 3. The molecule has 2 aliphatic rings. The molecular weight excluding hydrogens is 525 g/mol. The molecule has 2 aromatic heterocycles. The molecular formula is C32H34FN3O3S. The zero-order valence-corrected chi connectivity index (χ0v) is 23.8. The van der Waals surface area contributed by atoms with E-state index in [-0.39, 0.29) is 17.6 Å². The topological polar surface area (TPSA) is 66.2 Å². The van der Waals surface area contributed by atoms with Crippen LogP contribution in [0.1, 0.15) is 78.3 Å². The molecule has 0 aliphatic heterocycles. The average Bonchev–Trinajstić information content (AvgIpc) is 3.29. The quantitative estimate of drug-likeness (QED) is 0.188. The van der Waals surface area contributed by atoms with Crippen LogP contribution in [-0.2, 0) is 17.6 Å². The fourth-order valence-electron chi connectivity index (χ4n) is 5.39. The number of hydrogen-bond acceptors (Lipinski definition) is 6. The second kappa shape index (κ2) is 11.5. The van der Waals surface area contributed by atoms with Crippen LogP contribution < -0.4 is 4.74 Å². The molecule has 2 saturated carbocycles. The number of hydrogen-bond donors (Lipinski definition) is 0. The highest BCUT2D eigenvalue weighted by Gasteiger charge is 2.29. The lowest BCUT2D eigenvalue weighted by Crippen LogP contribution is -2.10. The molecule has 0 saturated heterocycles. The van der Waals surface area contributed by atoms with Crippen molar-refractivity contribution in [3.05, 3.63) is 81.7 Å². The van der Waals surface area contributed by atoms with Crippen LogP contribution in [0.15, 0.2) is 47.8 Å². The third-order valence-electron chi connectivity index (χ3n) is 7.76. The number of ether oxygens (including phenoxy) is 2. The molecule has 0 spiro atoms. The van der Waals surface area contributed by atoms with Crippen LogP contribution in [0.3, 0.4) is 0 Å². The summed E-state index contributed by atoms with van der Waals surface area (Å²) in [6, 6.07) is 13.6. The fraction of sp³-hybridized carbons (Fsp3) is 0.406. The normalized spacial score (nSPS) is 15.5. The molecule has 0 unspecified atom stereocenters. The summed E-state index contributed by atoms with van der Waals surface area (Å²) in [5.41, 5.74) is 5.71. The summed E-state index contributed by atoms with van der Waals surface area (Å²) in [6.45, 7) is 3.85. The highest BCUT2D eigenvalue weighted by atomic mass is 32.1. The number of carbonyl (C=O) groups is 1. The Kier molecular flexibility index (Phi) is 7.69. The number of carbonyl (C=O) groups excluding carboxylic acids is 1. The van der Waals surface area contributed by atoms with Crippen LogP contribution in [-0.4, -0.2) is 33.4 Å². The number of nitrogens with zero attached hydrogens (tertiary/aromatic N) is 3. The molecule has 40 heavy (non-hydrogen) atoms. The Morgan fingerprint density at radius 3 is 2.70 bits per heavy atom. The molecule has 0 N–H and O–H groups in total. The van der Waals surface area contributed by atoms with Crippen LogP contribution in [0.25, 0.3) is 16.4 Å². The van der Waals surface area contributed by atoms with Crippen molar-refractivity contribution in [2.24, 2.45) is 5.92 Å². The van der Waals surface area contributed by atoms with Gasteiger partial charge in [0, 0.05) is 22.9 Å². The van der Waals surface area contributed by atoms with Gasteiger partial charge in [-0.3, -0.25) is 0 Å². The molecule has 8 heteroatoms. The van der Waals surface area contributed by atoms with Gasteiger partial charge in [-0.05, 0) is 94.0 Å². The second-order valence-electron chi connectivity index (χ2n) is 10.9. The van der Waals surface area contributed by atoms with Gasteiger partial charge in [0.1, 0.15) is 11.6 Å². The second-order valence-corrected chi connectivity index (χ2v) is 11.7. The first-order valence-electron chi connectivity index (χ1n) is 14.2. The molecule has 0 radical (unpaired) electrons. The van der Waals surface area contributed by atoms with E-state index in [1.165, 1.54) is 37.0 Å². The zero-order chi connectivity index (χ0) is 27.6. The van der Waals surface area contributed by atoms with Crippen LogP contribution in [0.2, 0.25) is 0 Å². The van der Waals surface area contributed by atoms with E-state index >= 15 is 0 Å². The molecule has 2 aliphatic carbocycles. The van der Waals surface area contributed by atoms with Crippen LogP contribution in [0, 0.1) is 18.7 Å². The first-order valence-corrected chi connectivity index (χ1v) is 15.1. The van der Waals surface area contributed by atoms with E-state index in [0.717, 1.165) is 53.1 Å². The molecule has 0 amide bonds. The summed E-state index contributed by atoms with van der Waals surface area (Å²) >= 11 is 1.37. The van der Waals surface area contributed by atoms with E-state index in [4.69, 9.17) is 14.6 Å². The minimum atomic E-state index is -0.437. The van der Waals surface area contributed by atoms with Crippen molar-refractivity contribution in [1.29, 1.82) is 0 Å². The lowest BCUT2D eigenvalue weighted by atomic mass is 9.96. The van der Waals surface area contributed by atoms with Crippen LogP contribution in [0.5, 0.6) is 5.75 Å².